The maximum atomic E-state index is 12.5. The highest BCUT2D eigenvalue weighted by atomic mass is 16.6. The summed E-state index contributed by atoms with van der Waals surface area (Å²) >= 11 is 0. The SMILES string of the molecule is C=CCCCCC[C@@H]1CC[C@@H](CO)N1C(=O)OCc1ccccc1. The molecule has 1 amide bonds. The monoisotopic (exact) mass is 331 g/mol. The van der Waals surface area contributed by atoms with Crippen molar-refractivity contribution in [2.24, 2.45) is 0 Å². The molecule has 0 saturated carbocycles. The Hall–Kier alpha value is -1.81. The third kappa shape index (κ3) is 5.38. The Balaban J connectivity index is 1.84. The van der Waals surface area contributed by atoms with E-state index in [1.165, 1.54) is 0 Å². The molecule has 1 aliphatic rings. The Morgan fingerprint density at radius 1 is 1.21 bits per heavy atom. The molecule has 0 radical (unpaired) electrons. The van der Waals surface area contributed by atoms with Gasteiger partial charge in [0, 0.05) is 6.04 Å². The fourth-order valence-electron chi connectivity index (χ4n) is 3.36. The lowest BCUT2D eigenvalue weighted by molar-refractivity contribution is 0.0631. The molecule has 1 heterocycles. The van der Waals surface area contributed by atoms with Crippen molar-refractivity contribution in [1.82, 2.24) is 4.90 Å². The van der Waals surface area contributed by atoms with Crippen LogP contribution < -0.4 is 0 Å². The van der Waals surface area contributed by atoms with Gasteiger partial charge in [-0.15, -0.1) is 6.58 Å². The molecular formula is C20H29NO3. The van der Waals surface area contributed by atoms with Gasteiger partial charge in [-0.25, -0.2) is 4.79 Å². The first-order valence-corrected chi connectivity index (χ1v) is 8.97. The summed E-state index contributed by atoms with van der Waals surface area (Å²) in [5.41, 5.74) is 0.978. The van der Waals surface area contributed by atoms with Crippen LogP contribution in [-0.2, 0) is 11.3 Å². The van der Waals surface area contributed by atoms with Crippen LogP contribution in [0.1, 0.15) is 50.5 Å². The number of carbonyl (C=O) groups is 1. The number of unbranched alkanes of at least 4 members (excludes halogenated alkanes) is 3. The molecule has 2 atom stereocenters. The number of allylic oxidation sites excluding steroid dienone is 1. The van der Waals surface area contributed by atoms with E-state index in [2.05, 4.69) is 6.58 Å². The molecule has 0 unspecified atom stereocenters. The van der Waals surface area contributed by atoms with E-state index in [1.54, 1.807) is 4.90 Å². The van der Waals surface area contributed by atoms with Crippen LogP contribution in [0.15, 0.2) is 43.0 Å². The number of carbonyl (C=O) groups excluding carboxylic acids is 1. The molecular weight excluding hydrogens is 302 g/mol. The van der Waals surface area contributed by atoms with E-state index >= 15 is 0 Å². The topological polar surface area (TPSA) is 49.8 Å². The minimum atomic E-state index is -0.300. The van der Waals surface area contributed by atoms with Crippen molar-refractivity contribution in [1.29, 1.82) is 0 Å². The van der Waals surface area contributed by atoms with Gasteiger partial charge in [0.2, 0.25) is 0 Å². The summed E-state index contributed by atoms with van der Waals surface area (Å²) in [5, 5.41) is 9.57. The number of ether oxygens (including phenoxy) is 1. The lowest BCUT2D eigenvalue weighted by atomic mass is 10.1. The van der Waals surface area contributed by atoms with E-state index in [1.807, 2.05) is 36.4 Å². The van der Waals surface area contributed by atoms with Crippen molar-refractivity contribution in [3.05, 3.63) is 48.6 Å². The second-order valence-electron chi connectivity index (χ2n) is 6.44. The van der Waals surface area contributed by atoms with Crippen LogP contribution in [0, 0.1) is 0 Å². The van der Waals surface area contributed by atoms with Crippen molar-refractivity contribution in [2.75, 3.05) is 6.61 Å². The second kappa shape index (κ2) is 10.1. The largest absolute Gasteiger partial charge is 0.445 e. The molecule has 1 aromatic rings. The first kappa shape index (κ1) is 18.5. The van der Waals surface area contributed by atoms with Crippen LogP contribution >= 0.6 is 0 Å². The van der Waals surface area contributed by atoms with E-state index in [-0.39, 0.29) is 31.4 Å². The number of hydrogen-bond acceptors (Lipinski definition) is 3. The summed E-state index contributed by atoms with van der Waals surface area (Å²) < 4.78 is 5.48. The summed E-state index contributed by atoms with van der Waals surface area (Å²) in [4.78, 5) is 14.3. The highest BCUT2D eigenvalue weighted by Crippen LogP contribution is 2.28. The third-order valence-corrected chi connectivity index (χ3v) is 4.69. The van der Waals surface area contributed by atoms with Gasteiger partial charge in [-0.1, -0.05) is 49.2 Å². The second-order valence-corrected chi connectivity index (χ2v) is 6.44. The van der Waals surface area contributed by atoms with Gasteiger partial charge in [0.15, 0.2) is 0 Å². The Morgan fingerprint density at radius 2 is 1.96 bits per heavy atom. The van der Waals surface area contributed by atoms with E-state index in [0.29, 0.717) is 0 Å². The summed E-state index contributed by atoms with van der Waals surface area (Å²) in [6, 6.07) is 9.77. The number of benzene rings is 1. The van der Waals surface area contributed by atoms with Crippen LogP contribution in [0.5, 0.6) is 0 Å². The van der Waals surface area contributed by atoms with Crippen molar-refractivity contribution >= 4 is 6.09 Å². The van der Waals surface area contributed by atoms with Gasteiger partial charge in [0.05, 0.1) is 12.6 Å². The Morgan fingerprint density at radius 3 is 2.67 bits per heavy atom. The number of aliphatic hydroxyl groups excluding tert-OH is 1. The van der Waals surface area contributed by atoms with Gasteiger partial charge in [-0.3, -0.25) is 4.90 Å². The molecule has 1 saturated heterocycles. The van der Waals surface area contributed by atoms with Gasteiger partial charge in [0.25, 0.3) is 0 Å². The standard InChI is InChI=1S/C20H29NO3/c1-2-3-4-5-9-12-18-13-14-19(15-22)21(18)20(23)24-16-17-10-7-6-8-11-17/h2,6-8,10-11,18-19,22H,1,3-5,9,12-16H2/t18-,19+/m1/s1. The number of aliphatic hydroxyl groups is 1. The predicted octanol–water partition coefficient (Wildman–Crippen LogP) is 4.29. The first-order chi connectivity index (χ1) is 11.8. The maximum absolute atomic E-state index is 12.5. The average Bonchev–Trinajstić information content (AvgIpc) is 3.03. The summed E-state index contributed by atoms with van der Waals surface area (Å²) in [6.07, 6.45) is 8.88. The summed E-state index contributed by atoms with van der Waals surface area (Å²) in [6.45, 7) is 4.03. The molecule has 4 nitrogen and oxygen atoms in total. The quantitative estimate of drug-likeness (QED) is 0.542. The predicted molar refractivity (Wildman–Crippen MR) is 95.6 cm³/mol. The van der Waals surface area contributed by atoms with Gasteiger partial charge in [-0.05, 0) is 37.7 Å². The van der Waals surface area contributed by atoms with E-state index in [4.69, 9.17) is 4.74 Å². The van der Waals surface area contributed by atoms with Crippen LogP contribution in [-0.4, -0.2) is 34.8 Å². The van der Waals surface area contributed by atoms with Gasteiger partial charge in [-0.2, -0.15) is 0 Å². The molecule has 1 N–H and O–H groups in total. The molecule has 0 bridgehead atoms. The minimum Gasteiger partial charge on any atom is -0.445 e. The smallest absolute Gasteiger partial charge is 0.410 e. The zero-order chi connectivity index (χ0) is 17.2. The third-order valence-electron chi connectivity index (χ3n) is 4.69. The molecule has 0 aromatic heterocycles. The zero-order valence-electron chi connectivity index (χ0n) is 14.4. The molecule has 1 aromatic carbocycles. The number of nitrogens with zero attached hydrogens (tertiary/aromatic N) is 1. The molecule has 4 heteroatoms. The lowest BCUT2D eigenvalue weighted by Gasteiger charge is -2.28. The Bertz CT molecular complexity index is 503. The summed E-state index contributed by atoms with van der Waals surface area (Å²) in [7, 11) is 0. The Labute approximate surface area is 145 Å². The van der Waals surface area contributed by atoms with Crippen LogP contribution in [0.3, 0.4) is 0 Å². The molecule has 1 fully saturated rings. The van der Waals surface area contributed by atoms with Gasteiger partial charge >= 0.3 is 6.09 Å². The Kier molecular flexibility index (Phi) is 7.83. The van der Waals surface area contributed by atoms with E-state index in [0.717, 1.165) is 50.5 Å². The molecule has 0 aliphatic carbocycles. The number of hydrogen-bond donors (Lipinski definition) is 1. The molecule has 24 heavy (non-hydrogen) atoms. The maximum Gasteiger partial charge on any atom is 0.410 e. The minimum absolute atomic E-state index is 0.00734. The highest BCUT2D eigenvalue weighted by Gasteiger charge is 2.37. The fraction of sp³-hybridized carbons (Fsp3) is 0.550. The van der Waals surface area contributed by atoms with E-state index < -0.39 is 0 Å². The molecule has 1 aliphatic heterocycles. The summed E-state index contributed by atoms with van der Waals surface area (Å²) in [5.74, 6) is 0. The van der Waals surface area contributed by atoms with Crippen molar-refractivity contribution in [3.8, 4) is 0 Å². The van der Waals surface area contributed by atoms with Crippen LogP contribution in [0.2, 0.25) is 0 Å². The zero-order valence-corrected chi connectivity index (χ0v) is 14.4. The number of amides is 1. The van der Waals surface area contributed by atoms with E-state index in [9.17, 15) is 9.90 Å². The van der Waals surface area contributed by atoms with Gasteiger partial charge in [0.1, 0.15) is 6.61 Å². The number of rotatable bonds is 9. The molecule has 132 valence electrons. The molecule has 2 rings (SSSR count). The highest BCUT2D eigenvalue weighted by molar-refractivity contribution is 5.69. The molecule has 0 spiro atoms. The van der Waals surface area contributed by atoms with Crippen molar-refractivity contribution in [3.63, 3.8) is 0 Å². The first-order valence-electron chi connectivity index (χ1n) is 8.97. The van der Waals surface area contributed by atoms with Crippen LogP contribution in [0.4, 0.5) is 4.79 Å². The van der Waals surface area contributed by atoms with Crippen molar-refractivity contribution < 1.29 is 14.6 Å². The average molecular weight is 331 g/mol. The lowest BCUT2D eigenvalue weighted by Crippen LogP contribution is -2.43. The number of likely N-dealkylation sites (tertiary alicyclic amines) is 1. The fourth-order valence-corrected chi connectivity index (χ4v) is 3.36. The van der Waals surface area contributed by atoms with Gasteiger partial charge < -0.3 is 9.84 Å². The van der Waals surface area contributed by atoms with Crippen LogP contribution in [0.25, 0.3) is 0 Å². The normalized spacial score (nSPS) is 20.1. The van der Waals surface area contributed by atoms with Crippen molar-refractivity contribution in [2.45, 2.75) is 63.6 Å².